The van der Waals surface area contributed by atoms with Gasteiger partial charge < -0.3 is 14.7 Å². The maximum atomic E-state index is 4.71. The van der Waals surface area contributed by atoms with Crippen LogP contribution in [0.1, 0.15) is 5.82 Å². The first kappa shape index (κ1) is 17.6. The summed E-state index contributed by atoms with van der Waals surface area (Å²) in [5, 5.41) is 14.0. The molecule has 4 heterocycles. The van der Waals surface area contributed by atoms with Gasteiger partial charge in [-0.25, -0.2) is 9.97 Å². The van der Waals surface area contributed by atoms with Gasteiger partial charge in [-0.05, 0) is 37.3 Å². The lowest BCUT2D eigenvalue weighted by Crippen LogP contribution is -2.47. The van der Waals surface area contributed by atoms with Gasteiger partial charge in [0, 0.05) is 51.3 Å². The van der Waals surface area contributed by atoms with Gasteiger partial charge in [-0.3, -0.25) is 0 Å². The van der Waals surface area contributed by atoms with Gasteiger partial charge in [0.25, 0.3) is 0 Å². The van der Waals surface area contributed by atoms with Crippen molar-refractivity contribution in [2.45, 2.75) is 6.92 Å². The van der Waals surface area contributed by atoms with Crippen molar-refractivity contribution >= 4 is 33.9 Å². The number of benzene rings is 1. The van der Waals surface area contributed by atoms with E-state index in [0.717, 1.165) is 60.2 Å². The summed E-state index contributed by atoms with van der Waals surface area (Å²) in [4.78, 5) is 15.6. The van der Waals surface area contributed by atoms with Gasteiger partial charge in [-0.15, -0.1) is 15.3 Å². The van der Waals surface area contributed by atoms with Crippen LogP contribution in [0.3, 0.4) is 0 Å². The van der Waals surface area contributed by atoms with Crippen molar-refractivity contribution in [3.63, 3.8) is 0 Å². The zero-order chi connectivity index (χ0) is 20.0. The van der Waals surface area contributed by atoms with E-state index in [9.17, 15) is 0 Å². The van der Waals surface area contributed by atoms with Crippen LogP contribution >= 0.6 is 0 Å². The third-order valence-corrected chi connectivity index (χ3v) is 5.39. The minimum atomic E-state index is 0.778. The van der Waals surface area contributed by atoms with E-state index in [4.69, 9.17) is 5.10 Å². The van der Waals surface area contributed by atoms with Crippen LogP contribution in [0.25, 0.3) is 16.6 Å². The number of anilines is 3. The standard InChI is InChI=1S/C20H23N9/c1-14-23-24-18-6-7-19(25-29(14)18)28-10-8-27(9-11-28)15-4-5-17-16(12-15)20(26(2)3)22-13-21-17/h4-7,12-13H,8-11H2,1-3H3. The molecule has 1 fully saturated rings. The fourth-order valence-corrected chi connectivity index (χ4v) is 3.83. The Labute approximate surface area is 168 Å². The van der Waals surface area contributed by atoms with Crippen molar-refractivity contribution < 1.29 is 0 Å². The topological polar surface area (TPSA) is 78.6 Å². The van der Waals surface area contributed by atoms with Crippen LogP contribution in [-0.2, 0) is 0 Å². The maximum Gasteiger partial charge on any atom is 0.178 e. The van der Waals surface area contributed by atoms with Crippen LogP contribution in [0.2, 0.25) is 0 Å². The van der Waals surface area contributed by atoms with E-state index < -0.39 is 0 Å². The Morgan fingerprint density at radius 1 is 0.897 bits per heavy atom. The van der Waals surface area contributed by atoms with E-state index in [0.29, 0.717) is 0 Å². The molecule has 0 saturated carbocycles. The monoisotopic (exact) mass is 389 g/mol. The first-order valence-electron chi connectivity index (χ1n) is 9.71. The first-order valence-corrected chi connectivity index (χ1v) is 9.71. The van der Waals surface area contributed by atoms with Crippen LogP contribution in [0.4, 0.5) is 17.3 Å². The normalized spacial score (nSPS) is 14.7. The predicted octanol–water partition coefficient (Wildman–Crippen LogP) is 1.77. The molecule has 0 unspecified atom stereocenters. The van der Waals surface area contributed by atoms with Crippen molar-refractivity contribution in [3.05, 3.63) is 42.5 Å². The SMILES string of the molecule is Cc1nnc2ccc(N3CCN(c4ccc5ncnc(N(C)C)c5c4)CC3)nn12. The number of nitrogens with zero attached hydrogens (tertiary/aromatic N) is 9. The van der Waals surface area contributed by atoms with Gasteiger partial charge in [0.2, 0.25) is 0 Å². The summed E-state index contributed by atoms with van der Waals surface area (Å²) in [5.74, 6) is 2.70. The molecule has 1 saturated heterocycles. The molecule has 1 aromatic carbocycles. The average Bonchev–Trinajstić information content (AvgIpc) is 3.13. The molecule has 0 N–H and O–H groups in total. The Bertz CT molecular complexity index is 1180. The molecular formula is C20H23N9. The van der Waals surface area contributed by atoms with E-state index >= 15 is 0 Å². The lowest BCUT2D eigenvalue weighted by atomic mass is 10.1. The van der Waals surface area contributed by atoms with Crippen molar-refractivity contribution in [1.29, 1.82) is 0 Å². The molecule has 5 rings (SSSR count). The Balaban J connectivity index is 1.37. The van der Waals surface area contributed by atoms with Crippen molar-refractivity contribution in [3.8, 4) is 0 Å². The predicted molar refractivity (Wildman–Crippen MR) is 114 cm³/mol. The van der Waals surface area contributed by atoms with Crippen LogP contribution < -0.4 is 14.7 Å². The number of aromatic nitrogens is 6. The number of fused-ring (bicyclic) bond motifs is 2. The van der Waals surface area contributed by atoms with E-state index in [1.165, 1.54) is 5.69 Å². The van der Waals surface area contributed by atoms with E-state index in [-0.39, 0.29) is 0 Å². The molecule has 0 bridgehead atoms. The lowest BCUT2D eigenvalue weighted by molar-refractivity contribution is 0.641. The molecule has 29 heavy (non-hydrogen) atoms. The second-order valence-electron chi connectivity index (χ2n) is 7.48. The fraction of sp³-hybridized carbons (Fsp3) is 0.350. The third-order valence-electron chi connectivity index (χ3n) is 5.39. The molecule has 4 aromatic rings. The molecule has 3 aromatic heterocycles. The Kier molecular flexibility index (Phi) is 4.15. The fourth-order valence-electron chi connectivity index (χ4n) is 3.83. The van der Waals surface area contributed by atoms with Crippen LogP contribution in [-0.4, -0.2) is 70.1 Å². The Hall–Kier alpha value is -3.49. The minimum Gasteiger partial charge on any atom is -0.368 e. The Morgan fingerprint density at radius 3 is 2.48 bits per heavy atom. The number of piperazine rings is 1. The van der Waals surface area contributed by atoms with Gasteiger partial charge in [0.1, 0.15) is 18.0 Å². The molecule has 0 atom stereocenters. The Morgan fingerprint density at radius 2 is 1.69 bits per heavy atom. The molecule has 0 radical (unpaired) electrons. The molecule has 0 aliphatic carbocycles. The van der Waals surface area contributed by atoms with Crippen LogP contribution in [0.15, 0.2) is 36.7 Å². The molecule has 9 heteroatoms. The molecule has 1 aliphatic heterocycles. The molecular weight excluding hydrogens is 366 g/mol. The van der Waals surface area contributed by atoms with Gasteiger partial charge in [0.15, 0.2) is 11.5 Å². The van der Waals surface area contributed by atoms with Crippen LogP contribution in [0.5, 0.6) is 0 Å². The summed E-state index contributed by atoms with van der Waals surface area (Å²) in [6, 6.07) is 10.4. The van der Waals surface area contributed by atoms with Crippen molar-refractivity contribution in [2.24, 2.45) is 0 Å². The van der Waals surface area contributed by atoms with Crippen molar-refractivity contribution in [1.82, 2.24) is 29.8 Å². The zero-order valence-electron chi connectivity index (χ0n) is 16.8. The third kappa shape index (κ3) is 3.08. The maximum absolute atomic E-state index is 4.71. The number of rotatable bonds is 3. The average molecular weight is 389 g/mol. The number of hydrogen-bond acceptors (Lipinski definition) is 8. The van der Waals surface area contributed by atoms with E-state index in [2.05, 4.69) is 48.2 Å². The minimum absolute atomic E-state index is 0.778. The zero-order valence-corrected chi connectivity index (χ0v) is 16.8. The smallest absolute Gasteiger partial charge is 0.178 e. The summed E-state index contributed by atoms with van der Waals surface area (Å²) < 4.78 is 1.80. The number of aryl methyl sites for hydroxylation is 1. The summed E-state index contributed by atoms with van der Waals surface area (Å²) in [7, 11) is 4.02. The van der Waals surface area contributed by atoms with E-state index in [1.54, 1.807) is 10.8 Å². The largest absolute Gasteiger partial charge is 0.368 e. The van der Waals surface area contributed by atoms with Crippen molar-refractivity contribution in [2.75, 3.05) is 55.0 Å². The summed E-state index contributed by atoms with van der Waals surface area (Å²) in [6.45, 7) is 5.59. The van der Waals surface area contributed by atoms with E-state index in [1.807, 2.05) is 38.1 Å². The highest BCUT2D eigenvalue weighted by atomic mass is 15.4. The molecule has 0 spiro atoms. The highest BCUT2D eigenvalue weighted by Crippen LogP contribution is 2.27. The lowest BCUT2D eigenvalue weighted by Gasteiger charge is -2.36. The second kappa shape index (κ2) is 6.84. The molecule has 148 valence electrons. The van der Waals surface area contributed by atoms with Gasteiger partial charge in [-0.1, -0.05) is 0 Å². The second-order valence-corrected chi connectivity index (χ2v) is 7.48. The summed E-state index contributed by atoms with van der Waals surface area (Å²) >= 11 is 0. The highest BCUT2D eigenvalue weighted by Gasteiger charge is 2.20. The van der Waals surface area contributed by atoms with Crippen LogP contribution in [0, 0.1) is 6.92 Å². The quantitative estimate of drug-likeness (QED) is 0.525. The molecule has 1 aliphatic rings. The highest BCUT2D eigenvalue weighted by molar-refractivity contribution is 5.91. The first-order chi connectivity index (χ1) is 14.1. The number of hydrogen-bond donors (Lipinski definition) is 0. The van der Waals surface area contributed by atoms with Gasteiger partial charge in [0.05, 0.1) is 5.52 Å². The summed E-state index contributed by atoms with van der Waals surface area (Å²) in [5.41, 5.74) is 2.95. The summed E-state index contributed by atoms with van der Waals surface area (Å²) in [6.07, 6.45) is 1.62. The van der Waals surface area contributed by atoms with Gasteiger partial charge >= 0.3 is 0 Å². The van der Waals surface area contributed by atoms with Gasteiger partial charge in [-0.2, -0.15) is 4.52 Å². The molecule has 0 amide bonds. The molecule has 9 nitrogen and oxygen atoms in total.